The van der Waals surface area contributed by atoms with Crippen molar-refractivity contribution in [3.8, 4) is 0 Å². The number of carbonyl (C=O) groups is 2. The van der Waals surface area contributed by atoms with Gasteiger partial charge in [0.1, 0.15) is 12.4 Å². The van der Waals surface area contributed by atoms with Gasteiger partial charge in [-0.2, -0.15) is 0 Å². The van der Waals surface area contributed by atoms with E-state index in [9.17, 15) is 14.4 Å². The van der Waals surface area contributed by atoms with Crippen LogP contribution in [0, 0.1) is 6.92 Å². The van der Waals surface area contributed by atoms with Gasteiger partial charge in [-0.1, -0.05) is 24.3 Å². The highest BCUT2D eigenvalue weighted by molar-refractivity contribution is 9.10. The maximum Gasteiger partial charge on any atom is 0.340 e. The minimum absolute atomic E-state index is 0.180. The van der Waals surface area contributed by atoms with E-state index < -0.39 is 11.5 Å². The van der Waals surface area contributed by atoms with Gasteiger partial charge in [-0.15, -0.1) is 4.57 Å². The molecule has 0 saturated carbocycles. The number of nitrogens with one attached hydrogen (secondary N) is 1. The first-order valence-electron chi connectivity index (χ1n) is 9.24. The Morgan fingerprint density at radius 2 is 1.81 bits per heavy atom. The minimum Gasteiger partial charge on any atom is -0.456 e. The van der Waals surface area contributed by atoms with Crippen molar-refractivity contribution in [2.75, 3.05) is 5.32 Å². The molecule has 4 rings (SSSR count). The summed E-state index contributed by atoms with van der Waals surface area (Å²) in [6.45, 7) is 1.49. The summed E-state index contributed by atoms with van der Waals surface area (Å²) in [5.41, 5.74) is 1.12. The first-order chi connectivity index (χ1) is 14.9. The van der Waals surface area contributed by atoms with E-state index in [0.717, 1.165) is 4.57 Å². The number of ether oxygens (including phenoxy) is 1. The number of nitrogens with zero attached hydrogens (tertiary/aromatic N) is 2. The summed E-state index contributed by atoms with van der Waals surface area (Å²) in [7, 11) is 0. The van der Waals surface area contributed by atoms with Crippen molar-refractivity contribution in [2.24, 2.45) is 0 Å². The smallest absolute Gasteiger partial charge is 0.340 e. The number of halogens is 1. The van der Waals surface area contributed by atoms with Crippen LogP contribution in [0.2, 0.25) is 0 Å². The molecular formula is C22H16BrN3O5. The lowest BCUT2D eigenvalue weighted by Gasteiger charge is -2.11. The molecule has 0 aliphatic carbocycles. The van der Waals surface area contributed by atoms with Crippen LogP contribution in [0.1, 0.15) is 32.2 Å². The van der Waals surface area contributed by atoms with E-state index >= 15 is 0 Å². The lowest BCUT2D eigenvalue weighted by atomic mass is 10.1. The predicted molar refractivity (Wildman–Crippen MR) is 116 cm³/mol. The fourth-order valence-electron chi connectivity index (χ4n) is 2.97. The second-order valence-corrected chi connectivity index (χ2v) is 7.49. The monoisotopic (exact) mass is 481 g/mol. The zero-order chi connectivity index (χ0) is 22.0. The number of para-hydroxylation sites is 1. The van der Waals surface area contributed by atoms with Crippen LogP contribution >= 0.6 is 15.9 Å². The van der Waals surface area contributed by atoms with Gasteiger partial charge in [-0.3, -0.25) is 9.59 Å². The fourth-order valence-corrected chi connectivity index (χ4v) is 3.43. The van der Waals surface area contributed by atoms with Crippen LogP contribution in [-0.4, -0.2) is 21.4 Å². The van der Waals surface area contributed by atoms with Gasteiger partial charge in [-0.05, 0) is 47.1 Å². The van der Waals surface area contributed by atoms with Crippen molar-refractivity contribution >= 4 is 39.1 Å². The minimum atomic E-state index is -0.659. The van der Waals surface area contributed by atoms with Gasteiger partial charge in [0.15, 0.2) is 5.65 Å². The van der Waals surface area contributed by atoms with Gasteiger partial charge in [0, 0.05) is 16.6 Å². The van der Waals surface area contributed by atoms with Crippen LogP contribution in [0.4, 0.5) is 5.69 Å². The molecule has 2 aromatic heterocycles. The van der Waals surface area contributed by atoms with E-state index in [-0.39, 0.29) is 23.8 Å². The summed E-state index contributed by atoms with van der Waals surface area (Å²) in [6.07, 6.45) is 0. The summed E-state index contributed by atoms with van der Waals surface area (Å²) in [5, 5.41) is 2.73. The maximum absolute atomic E-state index is 12.7. The number of hydrogen-bond acceptors (Lipinski definition) is 6. The number of aromatic nitrogens is 2. The standard InChI is InChI=1S/C22H16BrN3O5/c1-13-10-19-24-14(11-20(27)26(19)31-13)12-30-22(29)16-7-3-5-9-18(16)25-21(28)15-6-2-4-8-17(15)23/h2-11H,12H2,1H3,(H,25,28). The molecule has 0 bridgehead atoms. The lowest BCUT2D eigenvalue weighted by molar-refractivity contribution is 0.0469. The first kappa shape index (κ1) is 20.5. The first-order valence-corrected chi connectivity index (χ1v) is 10.0. The Morgan fingerprint density at radius 1 is 1.10 bits per heavy atom. The summed E-state index contributed by atoms with van der Waals surface area (Å²) in [5.74, 6) is -0.495. The summed E-state index contributed by atoms with van der Waals surface area (Å²) in [4.78, 5) is 41.6. The quantitative estimate of drug-likeness (QED) is 0.432. The molecule has 0 atom stereocenters. The van der Waals surface area contributed by atoms with Crippen LogP contribution in [0.5, 0.6) is 0 Å². The van der Waals surface area contributed by atoms with Crippen molar-refractivity contribution < 1.29 is 18.8 Å². The van der Waals surface area contributed by atoms with Crippen LogP contribution in [-0.2, 0) is 11.3 Å². The molecule has 31 heavy (non-hydrogen) atoms. The molecule has 0 radical (unpaired) electrons. The molecule has 1 N–H and O–H groups in total. The van der Waals surface area contributed by atoms with Crippen molar-refractivity contribution in [2.45, 2.75) is 13.5 Å². The third-order valence-electron chi connectivity index (χ3n) is 4.39. The van der Waals surface area contributed by atoms with Crippen molar-refractivity contribution in [3.63, 3.8) is 0 Å². The van der Waals surface area contributed by atoms with Crippen LogP contribution < -0.4 is 10.9 Å². The number of carbonyl (C=O) groups excluding carboxylic acids is 2. The average molecular weight is 482 g/mol. The largest absolute Gasteiger partial charge is 0.456 e. The Kier molecular flexibility index (Phi) is 5.68. The SMILES string of the molecule is Cc1cc2nc(COC(=O)c3ccccc3NC(=O)c3ccccc3Br)cc(=O)n2o1. The zero-order valence-electron chi connectivity index (χ0n) is 16.3. The number of rotatable bonds is 5. The number of benzene rings is 2. The average Bonchev–Trinajstić information content (AvgIpc) is 3.13. The van der Waals surface area contributed by atoms with E-state index in [0.29, 0.717) is 27.1 Å². The Bertz CT molecular complexity index is 1360. The third kappa shape index (κ3) is 4.41. The normalized spacial score (nSPS) is 10.8. The molecule has 0 aliphatic heterocycles. The molecule has 0 fully saturated rings. The molecule has 156 valence electrons. The fraction of sp³-hybridized carbons (Fsp3) is 0.0909. The molecule has 0 saturated heterocycles. The van der Waals surface area contributed by atoms with Gasteiger partial charge in [0.25, 0.3) is 11.5 Å². The molecule has 0 unspecified atom stereocenters. The van der Waals surface area contributed by atoms with Crippen LogP contribution in [0.15, 0.2) is 74.5 Å². The Labute approximate surface area is 184 Å². The molecular weight excluding hydrogens is 466 g/mol. The van der Waals surface area contributed by atoms with Gasteiger partial charge in [0.2, 0.25) is 0 Å². The molecule has 0 aliphatic rings. The Balaban J connectivity index is 1.51. The summed E-state index contributed by atoms with van der Waals surface area (Å²) < 4.78 is 12.3. The van der Waals surface area contributed by atoms with Crippen molar-refractivity contribution in [1.82, 2.24) is 9.56 Å². The van der Waals surface area contributed by atoms with Gasteiger partial charge in [0.05, 0.1) is 22.5 Å². The second-order valence-electron chi connectivity index (χ2n) is 6.64. The highest BCUT2D eigenvalue weighted by atomic mass is 79.9. The third-order valence-corrected chi connectivity index (χ3v) is 5.08. The molecule has 1 amide bonds. The van der Waals surface area contributed by atoms with E-state index in [4.69, 9.17) is 9.26 Å². The van der Waals surface area contributed by atoms with Gasteiger partial charge in [-0.25, -0.2) is 9.78 Å². The number of esters is 1. The molecule has 2 aromatic carbocycles. The summed E-state index contributed by atoms with van der Waals surface area (Å²) in [6, 6.07) is 16.3. The van der Waals surface area contributed by atoms with Crippen molar-refractivity contribution in [1.29, 1.82) is 0 Å². The number of anilines is 1. The Morgan fingerprint density at radius 3 is 2.58 bits per heavy atom. The van der Waals surface area contributed by atoms with Crippen LogP contribution in [0.3, 0.4) is 0 Å². The van der Waals surface area contributed by atoms with E-state index in [1.165, 1.54) is 6.07 Å². The molecule has 0 spiro atoms. The number of hydrogen-bond donors (Lipinski definition) is 1. The second kappa shape index (κ2) is 8.57. The molecule has 4 aromatic rings. The van der Waals surface area contributed by atoms with E-state index in [2.05, 4.69) is 26.2 Å². The van der Waals surface area contributed by atoms with Gasteiger partial charge < -0.3 is 14.6 Å². The number of aryl methyl sites for hydroxylation is 1. The number of fused-ring (bicyclic) bond motifs is 1. The highest BCUT2D eigenvalue weighted by Gasteiger charge is 2.17. The van der Waals surface area contributed by atoms with E-state index in [1.54, 1.807) is 61.5 Å². The summed E-state index contributed by atoms with van der Waals surface area (Å²) >= 11 is 3.34. The van der Waals surface area contributed by atoms with Gasteiger partial charge >= 0.3 is 5.97 Å². The van der Waals surface area contributed by atoms with E-state index in [1.807, 2.05) is 0 Å². The Hall–Kier alpha value is -3.72. The maximum atomic E-state index is 12.7. The zero-order valence-corrected chi connectivity index (χ0v) is 17.9. The van der Waals surface area contributed by atoms with Crippen LogP contribution in [0.25, 0.3) is 5.65 Å². The van der Waals surface area contributed by atoms with Crippen molar-refractivity contribution in [3.05, 3.63) is 98.1 Å². The lowest BCUT2D eigenvalue weighted by Crippen LogP contribution is -2.17. The topological polar surface area (TPSA) is 103 Å². The number of amides is 1. The molecule has 9 heteroatoms. The highest BCUT2D eigenvalue weighted by Crippen LogP contribution is 2.21. The molecule has 2 heterocycles. The molecule has 8 nitrogen and oxygen atoms in total. The predicted octanol–water partition coefficient (Wildman–Crippen LogP) is 3.97.